The Labute approximate surface area is 113 Å². The first-order valence-corrected chi connectivity index (χ1v) is 6.78. The fourth-order valence-electron chi connectivity index (χ4n) is 2.40. The van der Waals surface area contributed by atoms with E-state index in [0.29, 0.717) is 6.61 Å². The molecule has 1 atom stereocenters. The zero-order chi connectivity index (χ0) is 13.5. The fraction of sp³-hybridized carbons (Fsp3) is 0.643. The van der Waals surface area contributed by atoms with Crippen molar-refractivity contribution in [1.29, 1.82) is 0 Å². The maximum Gasteiger partial charge on any atom is 0.410 e. The van der Waals surface area contributed by atoms with Crippen molar-refractivity contribution >= 4 is 6.09 Å². The molecular formula is C14H21NO4. The van der Waals surface area contributed by atoms with Crippen molar-refractivity contribution in [2.24, 2.45) is 0 Å². The van der Waals surface area contributed by atoms with E-state index in [2.05, 4.69) is 0 Å². The van der Waals surface area contributed by atoms with Crippen LogP contribution in [0, 0.1) is 0 Å². The van der Waals surface area contributed by atoms with Gasteiger partial charge in [-0.2, -0.15) is 0 Å². The van der Waals surface area contributed by atoms with Gasteiger partial charge in [-0.05, 0) is 25.0 Å². The molecule has 0 bridgehead atoms. The second-order valence-corrected chi connectivity index (χ2v) is 4.68. The number of likely N-dealkylation sites (tertiary alicyclic amines) is 1. The molecule has 1 fully saturated rings. The summed E-state index contributed by atoms with van der Waals surface area (Å²) in [6, 6.07) is 3.77. The summed E-state index contributed by atoms with van der Waals surface area (Å²) >= 11 is 0. The monoisotopic (exact) mass is 267 g/mol. The first-order chi connectivity index (χ1) is 9.33. The summed E-state index contributed by atoms with van der Waals surface area (Å²) in [6.45, 7) is 1.43. The minimum absolute atomic E-state index is 0.00690. The molecule has 2 rings (SSSR count). The van der Waals surface area contributed by atoms with Gasteiger partial charge >= 0.3 is 6.09 Å². The molecule has 1 saturated heterocycles. The number of carbonyl (C=O) groups is 1. The molecule has 1 amide bonds. The average molecular weight is 267 g/mol. The van der Waals surface area contributed by atoms with Crippen LogP contribution in [0.3, 0.4) is 0 Å². The van der Waals surface area contributed by atoms with Gasteiger partial charge in [-0.15, -0.1) is 0 Å². The normalized spacial score (nSPS) is 20.1. The molecule has 0 unspecified atom stereocenters. The van der Waals surface area contributed by atoms with E-state index in [-0.39, 0.29) is 18.7 Å². The van der Waals surface area contributed by atoms with E-state index in [9.17, 15) is 4.79 Å². The number of furan rings is 1. The Morgan fingerprint density at radius 2 is 2.32 bits per heavy atom. The summed E-state index contributed by atoms with van der Waals surface area (Å²) in [4.78, 5) is 13.9. The van der Waals surface area contributed by atoms with Crippen LogP contribution in [-0.2, 0) is 9.47 Å². The van der Waals surface area contributed by atoms with Gasteiger partial charge in [0.25, 0.3) is 0 Å². The molecule has 1 aliphatic heterocycles. The van der Waals surface area contributed by atoms with Gasteiger partial charge in [0.05, 0.1) is 18.9 Å². The summed E-state index contributed by atoms with van der Waals surface area (Å²) in [7, 11) is 1.59. The van der Waals surface area contributed by atoms with Crippen LogP contribution in [0.1, 0.15) is 37.5 Å². The standard InChI is InChI=1S/C14H21NO4/c1-17-10-11-19-14(16)15-8-4-2-3-6-12(15)13-7-5-9-18-13/h5,7,9,12H,2-4,6,8,10-11H2,1H3/t12-/m0/s1. The third-order valence-electron chi connectivity index (χ3n) is 3.37. The molecule has 0 N–H and O–H groups in total. The van der Waals surface area contributed by atoms with Crippen molar-refractivity contribution in [2.75, 3.05) is 26.9 Å². The Hall–Kier alpha value is -1.49. The molecular weight excluding hydrogens is 246 g/mol. The van der Waals surface area contributed by atoms with Crippen molar-refractivity contribution in [1.82, 2.24) is 4.90 Å². The summed E-state index contributed by atoms with van der Waals surface area (Å²) in [5.41, 5.74) is 0. The van der Waals surface area contributed by atoms with Gasteiger partial charge in [0, 0.05) is 13.7 Å². The fourth-order valence-corrected chi connectivity index (χ4v) is 2.40. The second kappa shape index (κ2) is 7.19. The van der Waals surface area contributed by atoms with Gasteiger partial charge in [0.1, 0.15) is 12.4 Å². The molecule has 0 saturated carbocycles. The second-order valence-electron chi connectivity index (χ2n) is 4.68. The molecule has 5 heteroatoms. The third kappa shape index (κ3) is 3.73. The number of hydrogen-bond donors (Lipinski definition) is 0. The Morgan fingerprint density at radius 3 is 3.05 bits per heavy atom. The molecule has 0 radical (unpaired) electrons. The highest BCUT2D eigenvalue weighted by atomic mass is 16.6. The molecule has 19 heavy (non-hydrogen) atoms. The minimum Gasteiger partial charge on any atom is -0.467 e. The molecule has 5 nitrogen and oxygen atoms in total. The molecule has 106 valence electrons. The van der Waals surface area contributed by atoms with E-state index in [1.165, 1.54) is 0 Å². The number of methoxy groups -OCH3 is 1. The average Bonchev–Trinajstić information content (AvgIpc) is 2.83. The predicted octanol–water partition coefficient (Wildman–Crippen LogP) is 2.98. The van der Waals surface area contributed by atoms with E-state index in [1.54, 1.807) is 18.3 Å². The third-order valence-corrected chi connectivity index (χ3v) is 3.37. The number of nitrogens with zero attached hydrogens (tertiary/aromatic N) is 1. The summed E-state index contributed by atoms with van der Waals surface area (Å²) in [5, 5.41) is 0. The van der Waals surface area contributed by atoms with Crippen LogP contribution in [-0.4, -0.2) is 37.9 Å². The van der Waals surface area contributed by atoms with Crippen molar-refractivity contribution in [2.45, 2.75) is 31.7 Å². The Morgan fingerprint density at radius 1 is 1.42 bits per heavy atom. The highest BCUT2D eigenvalue weighted by Gasteiger charge is 2.29. The van der Waals surface area contributed by atoms with E-state index in [1.807, 2.05) is 12.1 Å². The molecule has 0 aliphatic carbocycles. The molecule has 2 heterocycles. The lowest BCUT2D eigenvalue weighted by Gasteiger charge is -2.27. The van der Waals surface area contributed by atoms with Gasteiger partial charge in [-0.3, -0.25) is 4.90 Å². The van der Waals surface area contributed by atoms with Crippen LogP contribution >= 0.6 is 0 Å². The summed E-state index contributed by atoms with van der Waals surface area (Å²) in [5.74, 6) is 0.839. The zero-order valence-corrected chi connectivity index (χ0v) is 11.3. The van der Waals surface area contributed by atoms with E-state index >= 15 is 0 Å². The highest BCUT2D eigenvalue weighted by Crippen LogP contribution is 2.30. The predicted molar refractivity (Wildman–Crippen MR) is 69.8 cm³/mol. The Kier molecular flexibility index (Phi) is 5.27. The first-order valence-electron chi connectivity index (χ1n) is 6.78. The maximum atomic E-state index is 12.1. The molecule has 1 aromatic rings. The lowest BCUT2D eigenvalue weighted by atomic mass is 10.1. The maximum absolute atomic E-state index is 12.1. The lowest BCUT2D eigenvalue weighted by molar-refractivity contribution is 0.0585. The first kappa shape index (κ1) is 13.9. The topological polar surface area (TPSA) is 51.9 Å². The van der Waals surface area contributed by atoms with Crippen molar-refractivity contribution in [3.63, 3.8) is 0 Å². The minimum atomic E-state index is -0.277. The SMILES string of the molecule is COCCOC(=O)N1CCCCC[C@H]1c1ccco1. The lowest BCUT2D eigenvalue weighted by Crippen LogP contribution is -2.35. The quantitative estimate of drug-likeness (QED) is 0.787. The van der Waals surface area contributed by atoms with E-state index in [4.69, 9.17) is 13.9 Å². The Balaban J connectivity index is 2.02. The van der Waals surface area contributed by atoms with Crippen LogP contribution < -0.4 is 0 Å². The largest absolute Gasteiger partial charge is 0.467 e. The van der Waals surface area contributed by atoms with Crippen LogP contribution in [0.25, 0.3) is 0 Å². The van der Waals surface area contributed by atoms with Gasteiger partial charge in [-0.25, -0.2) is 4.79 Å². The van der Waals surface area contributed by atoms with E-state index in [0.717, 1.165) is 38.0 Å². The van der Waals surface area contributed by atoms with Crippen molar-refractivity contribution in [3.05, 3.63) is 24.2 Å². The molecule has 1 aromatic heterocycles. The van der Waals surface area contributed by atoms with Crippen LogP contribution in [0.5, 0.6) is 0 Å². The van der Waals surface area contributed by atoms with Gasteiger partial charge in [-0.1, -0.05) is 12.8 Å². The number of rotatable bonds is 4. The highest BCUT2D eigenvalue weighted by molar-refractivity contribution is 5.68. The van der Waals surface area contributed by atoms with E-state index < -0.39 is 0 Å². The molecule has 0 spiro atoms. The van der Waals surface area contributed by atoms with Gasteiger partial charge in [0.2, 0.25) is 0 Å². The van der Waals surface area contributed by atoms with Crippen molar-refractivity contribution < 1.29 is 18.7 Å². The van der Waals surface area contributed by atoms with Crippen molar-refractivity contribution in [3.8, 4) is 0 Å². The smallest absolute Gasteiger partial charge is 0.410 e. The number of hydrogen-bond acceptors (Lipinski definition) is 4. The van der Waals surface area contributed by atoms with Crippen LogP contribution in [0.4, 0.5) is 4.79 Å². The van der Waals surface area contributed by atoms with Crippen LogP contribution in [0.15, 0.2) is 22.8 Å². The summed E-state index contributed by atoms with van der Waals surface area (Å²) < 4.78 is 15.6. The number of ether oxygens (including phenoxy) is 2. The number of amides is 1. The molecule has 1 aliphatic rings. The van der Waals surface area contributed by atoms with Gasteiger partial charge in [0.15, 0.2) is 0 Å². The van der Waals surface area contributed by atoms with Gasteiger partial charge < -0.3 is 13.9 Å². The number of carbonyl (C=O) groups excluding carboxylic acids is 1. The van der Waals surface area contributed by atoms with Crippen LogP contribution in [0.2, 0.25) is 0 Å². The summed E-state index contributed by atoms with van der Waals surface area (Å²) in [6.07, 6.45) is 5.55. The molecule has 0 aromatic carbocycles. The Bertz CT molecular complexity index is 377. The zero-order valence-electron chi connectivity index (χ0n) is 11.3.